The molecule has 2 saturated heterocycles. The first-order valence-electron chi connectivity index (χ1n) is 15.6. The number of fused-ring (bicyclic) bond motifs is 1. The number of anilines is 1. The zero-order valence-electron chi connectivity index (χ0n) is 27.4. The van der Waals surface area contributed by atoms with Gasteiger partial charge in [0, 0.05) is 84.9 Å². The van der Waals surface area contributed by atoms with E-state index in [9.17, 15) is 14.4 Å². The number of likely N-dealkylation sites (N-methyl/N-ethyl adjacent to an activating group) is 1. The maximum absolute atomic E-state index is 14.5. The summed E-state index contributed by atoms with van der Waals surface area (Å²) in [5.41, 5.74) is 0.472. The van der Waals surface area contributed by atoms with Gasteiger partial charge in [-0.3, -0.25) is 19.0 Å². The van der Waals surface area contributed by atoms with Gasteiger partial charge in [0.25, 0.3) is 5.56 Å². The first kappa shape index (κ1) is 36.8. The summed E-state index contributed by atoms with van der Waals surface area (Å²) in [4.78, 5) is 50.7. The number of rotatable bonds is 12. The molecule has 2 N–H and O–H groups in total. The number of nitrogens with zero attached hydrogens (tertiary/aromatic N) is 5. The highest BCUT2D eigenvalue weighted by Crippen LogP contribution is 2.45. The summed E-state index contributed by atoms with van der Waals surface area (Å²) >= 11 is 15.7. The minimum absolute atomic E-state index is 0.0387. The lowest BCUT2D eigenvalue weighted by Crippen LogP contribution is -2.52. The molecule has 0 spiro atoms. The Hall–Kier alpha value is -3.44. The van der Waals surface area contributed by atoms with Crippen LogP contribution in [-0.2, 0) is 20.9 Å². The third kappa shape index (κ3) is 8.48. The molecule has 3 unspecified atom stereocenters. The third-order valence-electron chi connectivity index (χ3n) is 8.51. The number of amides is 2. The number of likely N-dealkylation sites (tertiary alicyclic amines) is 1. The van der Waals surface area contributed by atoms with Crippen molar-refractivity contribution in [1.29, 1.82) is 0 Å². The Kier molecular flexibility index (Phi) is 12.4. The van der Waals surface area contributed by atoms with Gasteiger partial charge in [-0.1, -0.05) is 35.9 Å². The number of benzene rings is 1. The Morgan fingerprint density at radius 2 is 1.92 bits per heavy atom. The van der Waals surface area contributed by atoms with Crippen LogP contribution < -0.4 is 25.7 Å². The predicted octanol–water partition coefficient (Wildman–Crippen LogP) is 4.34. The molecule has 1 aromatic carbocycles. The van der Waals surface area contributed by atoms with Crippen LogP contribution in [0.5, 0.6) is 11.5 Å². The smallest absolute Gasteiger partial charge is 0.260 e. The number of hydrogen-bond acceptors (Lipinski definition) is 10. The van der Waals surface area contributed by atoms with Crippen LogP contribution in [0.4, 0.5) is 5.95 Å². The monoisotopic (exact) mass is 825 g/mol. The molecule has 0 bridgehead atoms. The van der Waals surface area contributed by atoms with E-state index in [0.29, 0.717) is 68.2 Å². The van der Waals surface area contributed by atoms with Gasteiger partial charge in [0.05, 0.1) is 48.5 Å². The second kappa shape index (κ2) is 16.5. The van der Waals surface area contributed by atoms with Gasteiger partial charge in [-0.25, -0.2) is 8.10 Å². The fourth-order valence-corrected chi connectivity index (χ4v) is 6.94. The largest absolute Gasteiger partial charge is 0.495 e. The van der Waals surface area contributed by atoms with E-state index >= 15 is 0 Å². The normalized spacial score (nSPS) is 19.4. The second-order valence-corrected chi connectivity index (χ2v) is 14.2. The number of carbonyl (C=O) groups is 2. The van der Waals surface area contributed by atoms with E-state index in [2.05, 4.69) is 45.1 Å². The number of nitrogens with one attached hydrogen (secondary N) is 2. The highest BCUT2D eigenvalue weighted by molar-refractivity contribution is 14.1. The highest BCUT2D eigenvalue weighted by atomic mass is 127. The molecule has 49 heavy (non-hydrogen) atoms. The fourth-order valence-electron chi connectivity index (χ4n) is 6.00. The van der Waals surface area contributed by atoms with Crippen molar-refractivity contribution >= 4 is 74.9 Å². The molecule has 0 aliphatic carbocycles. The van der Waals surface area contributed by atoms with Gasteiger partial charge in [-0.15, -0.1) is 0 Å². The Bertz CT molecular complexity index is 1790. The summed E-state index contributed by atoms with van der Waals surface area (Å²) in [6.07, 6.45) is 7.54. The van der Waals surface area contributed by atoms with Crippen LogP contribution >= 0.6 is 46.1 Å². The van der Waals surface area contributed by atoms with Crippen molar-refractivity contribution in [2.24, 2.45) is 5.92 Å². The Balaban J connectivity index is 1.56. The summed E-state index contributed by atoms with van der Waals surface area (Å²) in [6, 6.07) is 2.64. The lowest BCUT2D eigenvalue weighted by molar-refractivity contribution is -0.125. The molecule has 3 atom stereocenters. The molecule has 2 fully saturated rings. The van der Waals surface area contributed by atoms with Crippen molar-refractivity contribution in [3.8, 4) is 22.6 Å². The third-order valence-corrected chi connectivity index (χ3v) is 9.65. The average molecular weight is 827 g/mol. The quantitative estimate of drug-likeness (QED) is 0.154. The van der Waals surface area contributed by atoms with E-state index in [4.69, 9.17) is 42.4 Å². The first-order valence-corrected chi connectivity index (χ1v) is 17.4. The van der Waals surface area contributed by atoms with Crippen LogP contribution in [0, 0.1) is 5.92 Å². The van der Waals surface area contributed by atoms with Gasteiger partial charge in [-0.2, -0.15) is 4.98 Å². The Morgan fingerprint density at radius 1 is 1.18 bits per heavy atom. The molecular formula is C33H38Cl2IN7O6. The van der Waals surface area contributed by atoms with E-state index in [1.54, 1.807) is 33.9 Å². The molecule has 2 aromatic heterocycles. The van der Waals surface area contributed by atoms with E-state index < -0.39 is 0 Å². The molecule has 2 amide bonds. The molecule has 0 radical (unpaired) electrons. The van der Waals surface area contributed by atoms with E-state index in [1.165, 1.54) is 20.3 Å². The molecule has 2 aliphatic heterocycles. The fraction of sp³-hybridized carbons (Fsp3) is 0.424. The second-order valence-electron chi connectivity index (χ2n) is 11.8. The molecule has 5 rings (SSSR count). The maximum atomic E-state index is 14.5. The van der Waals surface area contributed by atoms with Crippen molar-refractivity contribution in [1.82, 2.24) is 27.9 Å². The van der Waals surface area contributed by atoms with Gasteiger partial charge < -0.3 is 29.7 Å². The first-order chi connectivity index (χ1) is 23.5. The summed E-state index contributed by atoms with van der Waals surface area (Å²) in [6.45, 7) is 6.29. The molecule has 4 heterocycles. The van der Waals surface area contributed by atoms with Gasteiger partial charge >= 0.3 is 0 Å². The minimum atomic E-state index is -0.386. The predicted molar refractivity (Wildman–Crippen MR) is 198 cm³/mol. The number of hydrogen-bond donors (Lipinski definition) is 2. The molecule has 3 aromatic rings. The number of ether oxygens (including phenoxy) is 3. The maximum Gasteiger partial charge on any atom is 0.260 e. The molecule has 262 valence electrons. The van der Waals surface area contributed by atoms with Crippen LogP contribution in [0.25, 0.3) is 22.2 Å². The molecule has 13 nitrogen and oxygen atoms in total. The number of carbonyl (C=O) groups excluding carboxylic acids is 2. The topological polar surface area (TPSA) is 140 Å². The van der Waals surface area contributed by atoms with Crippen LogP contribution in [-0.4, -0.2) is 101 Å². The van der Waals surface area contributed by atoms with E-state index in [-0.39, 0.29) is 69.0 Å². The van der Waals surface area contributed by atoms with Crippen molar-refractivity contribution in [2.75, 3.05) is 59.4 Å². The summed E-state index contributed by atoms with van der Waals surface area (Å²) < 4.78 is 20.1. The van der Waals surface area contributed by atoms with Crippen molar-refractivity contribution in [3.05, 3.63) is 63.5 Å². The number of methoxy groups -OCH3 is 2. The van der Waals surface area contributed by atoms with Crippen molar-refractivity contribution in [3.63, 3.8) is 0 Å². The summed E-state index contributed by atoms with van der Waals surface area (Å²) in [5.74, 6) is 0.439. The highest BCUT2D eigenvalue weighted by Gasteiger charge is 2.30. The standard InChI is InChI=1S/C33H38Cl2IN7O6/c1-5-26(44)38-22-9-12-49-18-23(22)39-33-37-15-20-13-21(28-29(34)24(47-3)14-25(48-4)30(28)35)32(46)43(31(20)40-33)17-19-8-11-42(16-19)27(45)7-6-10-41(2)36/h5-7,13-15,19,22-23H,1,8-12,16-18H2,2-4H3,(H,38,44)(H,37,39,40)/b7-6+. The number of pyridine rings is 1. The van der Waals surface area contributed by atoms with Gasteiger partial charge in [0.15, 0.2) is 0 Å². The van der Waals surface area contributed by atoms with E-state index in [0.717, 1.165) is 0 Å². The lowest BCUT2D eigenvalue weighted by Gasteiger charge is -2.32. The van der Waals surface area contributed by atoms with Crippen LogP contribution in [0.2, 0.25) is 10.0 Å². The van der Waals surface area contributed by atoms with Crippen LogP contribution in [0.15, 0.2) is 47.9 Å². The molecule has 16 heteroatoms. The van der Waals surface area contributed by atoms with E-state index in [1.807, 2.05) is 16.2 Å². The van der Waals surface area contributed by atoms with Crippen LogP contribution in [0.3, 0.4) is 0 Å². The van der Waals surface area contributed by atoms with Gasteiger partial charge in [0.1, 0.15) is 17.1 Å². The lowest BCUT2D eigenvalue weighted by atomic mass is 10.0. The zero-order valence-corrected chi connectivity index (χ0v) is 31.0. The number of halogens is 3. The summed E-state index contributed by atoms with van der Waals surface area (Å²) in [5, 5.41) is 7.09. The Morgan fingerprint density at radius 3 is 2.59 bits per heavy atom. The molecule has 2 aliphatic rings. The van der Waals surface area contributed by atoms with Crippen molar-refractivity contribution in [2.45, 2.75) is 31.5 Å². The average Bonchev–Trinajstić information content (AvgIpc) is 3.56. The Labute approximate surface area is 308 Å². The SMILES string of the molecule is C=CC(=O)NC1CCOCC1Nc1ncc2cc(-c3c(Cl)c(OC)cc(OC)c3Cl)c(=O)n(CC3CCN(C(=O)/C=C/CN(C)I)C3)c2n1. The minimum Gasteiger partial charge on any atom is -0.495 e. The zero-order chi connectivity index (χ0) is 35.2. The van der Waals surface area contributed by atoms with Gasteiger partial charge in [0.2, 0.25) is 17.8 Å². The van der Waals surface area contributed by atoms with Crippen molar-refractivity contribution < 1.29 is 23.8 Å². The van der Waals surface area contributed by atoms with Gasteiger partial charge in [-0.05, 0) is 37.9 Å². The number of aromatic nitrogens is 3. The molecule has 0 saturated carbocycles. The molecular weight excluding hydrogens is 788 g/mol. The van der Waals surface area contributed by atoms with Crippen LogP contribution in [0.1, 0.15) is 12.8 Å². The summed E-state index contributed by atoms with van der Waals surface area (Å²) in [7, 11) is 4.85.